The summed E-state index contributed by atoms with van der Waals surface area (Å²) in [6.45, 7) is 9.82. The Morgan fingerprint density at radius 3 is 2.41 bits per heavy atom. The lowest BCUT2D eigenvalue weighted by Gasteiger charge is -2.37. The summed E-state index contributed by atoms with van der Waals surface area (Å²) < 4.78 is 32.8. The molecule has 2 aromatic carbocycles. The zero-order chi connectivity index (χ0) is 19.8. The SMILES string of the molecule is C=C1CN(S(=O)(=O)c2ccc(C)cc2)C(C(=C)C(=O)OC)c2ccccc21. The molecule has 0 aliphatic carbocycles. The first-order valence-electron chi connectivity index (χ1n) is 8.40. The van der Waals surface area contributed by atoms with Crippen molar-refractivity contribution < 1.29 is 17.9 Å². The molecule has 0 saturated carbocycles. The molecule has 0 fully saturated rings. The van der Waals surface area contributed by atoms with Gasteiger partial charge in [-0.1, -0.05) is 55.1 Å². The Kier molecular flexibility index (Phi) is 5.04. The van der Waals surface area contributed by atoms with Gasteiger partial charge in [0, 0.05) is 6.54 Å². The van der Waals surface area contributed by atoms with Crippen LogP contribution in [0.25, 0.3) is 5.57 Å². The minimum absolute atomic E-state index is 0.0631. The molecule has 1 unspecified atom stereocenters. The predicted molar refractivity (Wildman–Crippen MR) is 104 cm³/mol. The van der Waals surface area contributed by atoms with Crippen molar-refractivity contribution in [1.29, 1.82) is 0 Å². The van der Waals surface area contributed by atoms with Crippen LogP contribution >= 0.6 is 0 Å². The van der Waals surface area contributed by atoms with Crippen molar-refractivity contribution in [3.8, 4) is 0 Å². The molecule has 0 saturated heterocycles. The fourth-order valence-electron chi connectivity index (χ4n) is 3.25. The highest BCUT2D eigenvalue weighted by molar-refractivity contribution is 7.89. The fourth-order valence-corrected chi connectivity index (χ4v) is 4.85. The van der Waals surface area contributed by atoms with Crippen molar-refractivity contribution in [2.45, 2.75) is 17.9 Å². The molecule has 2 aromatic rings. The lowest BCUT2D eigenvalue weighted by Crippen LogP contribution is -2.41. The number of carbonyl (C=O) groups is 1. The average Bonchev–Trinajstić information content (AvgIpc) is 2.67. The van der Waals surface area contributed by atoms with Crippen LogP contribution in [-0.4, -0.2) is 32.3 Å². The van der Waals surface area contributed by atoms with E-state index in [1.54, 1.807) is 36.4 Å². The topological polar surface area (TPSA) is 63.7 Å². The summed E-state index contributed by atoms with van der Waals surface area (Å²) in [6.07, 6.45) is 0. The van der Waals surface area contributed by atoms with Crippen LogP contribution in [0.1, 0.15) is 22.7 Å². The van der Waals surface area contributed by atoms with Gasteiger partial charge in [-0.2, -0.15) is 4.31 Å². The van der Waals surface area contributed by atoms with E-state index >= 15 is 0 Å². The highest BCUT2D eigenvalue weighted by Crippen LogP contribution is 2.41. The van der Waals surface area contributed by atoms with Crippen molar-refractivity contribution in [2.24, 2.45) is 0 Å². The number of fused-ring (bicyclic) bond motifs is 1. The van der Waals surface area contributed by atoms with Gasteiger partial charge in [-0.15, -0.1) is 0 Å². The molecule has 0 amide bonds. The number of hydrogen-bond acceptors (Lipinski definition) is 4. The van der Waals surface area contributed by atoms with Crippen LogP contribution in [0.2, 0.25) is 0 Å². The normalized spacial score (nSPS) is 17.3. The number of methoxy groups -OCH3 is 1. The summed E-state index contributed by atoms with van der Waals surface area (Å²) in [5.41, 5.74) is 3.17. The first kappa shape index (κ1) is 19.1. The number of aryl methyl sites for hydroxylation is 1. The molecule has 1 aliphatic heterocycles. The van der Waals surface area contributed by atoms with Gasteiger partial charge in [-0.25, -0.2) is 13.2 Å². The van der Waals surface area contributed by atoms with Crippen LogP contribution < -0.4 is 0 Å². The molecule has 0 N–H and O–H groups in total. The van der Waals surface area contributed by atoms with Crippen LogP contribution in [0.15, 0.2) is 72.2 Å². The fraction of sp³-hybridized carbons (Fsp3) is 0.190. The van der Waals surface area contributed by atoms with Crippen LogP contribution in [0.3, 0.4) is 0 Å². The average molecular weight is 383 g/mol. The molecule has 0 radical (unpaired) electrons. The van der Waals surface area contributed by atoms with E-state index in [2.05, 4.69) is 13.2 Å². The molecule has 0 aromatic heterocycles. The van der Waals surface area contributed by atoms with E-state index in [0.29, 0.717) is 11.1 Å². The third kappa shape index (κ3) is 3.34. The molecule has 5 nitrogen and oxygen atoms in total. The number of nitrogens with zero attached hydrogens (tertiary/aromatic N) is 1. The Morgan fingerprint density at radius 2 is 1.78 bits per heavy atom. The number of sulfonamides is 1. The maximum atomic E-state index is 13.4. The van der Waals surface area contributed by atoms with Gasteiger partial charge >= 0.3 is 5.97 Å². The number of benzene rings is 2. The van der Waals surface area contributed by atoms with E-state index in [4.69, 9.17) is 4.74 Å². The Bertz CT molecular complexity index is 1020. The van der Waals surface area contributed by atoms with Crippen LogP contribution in [0.5, 0.6) is 0 Å². The Morgan fingerprint density at radius 1 is 1.15 bits per heavy atom. The number of esters is 1. The second-order valence-corrected chi connectivity index (χ2v) is 8.36. The molecular weight excluding hydrogens is 362 g/mol. The number of rotatable bonds is 4. The summed E-state index contributed by atoms with van der Waals surface area (Å²) in [4.78, 5) is 12.3. The molecule has 0 spiro atoms. The summed E-state index contributed by atoms with van der Waals surface area (Å²) >= 11 is 0. The number of hydrogen-bond donors (Lipinski definition) is 0. The molecular formula is C21H21NO4S. The third-order valence-electron chi connectivity index (χ3n) is 4.68. The Balaban J connectivity index is 2.18. The quantitative estimate of drug-likeness (QED) is 0.599. The van der Waals surface area contributed by atoms with E-state index < -0.39 is 22.0 Å². The van der Waals surface area contributed by atoms with Gasteiger partial charge in [-0.3, -0.25) is 0 Å². The van der Waals surface area contributed by atoms with Gasteiger partial charge in [0.2, 0.25) is 10.0 Å². The number of ether oxygens (including phenoxy) is 1. The van der Waals surface area contributed by atoms with Crippen LogP contribution in [0.4, 0.5) is 0 Å². The molecule has 140 valence electrons. The number of carbonyl (C=O) groups excluding carboxylic acids is 1. The molecule has 3 rings (SSSR count). The maximum absolute atomic E-state index is 13.4. The van der Waals surface area contributed by atoms with E-state index in [1.165, 1.54) is 11.4 Å². The van der Waals surface area contributed by atoms with Crippen LogP contribution in [-0.2, 0) is 19.6 Å². The second kappa shape index (κ2) is 7.13. The van der Waals surface area contributed by atoms with Crippen molar-refractivity contribution in [1.82, 2.24) is 4.31 Å². The monoisotopic (exact) mass is 383 g/mol. The molecule has 1 heterocycles. The molecule has 27 heavy (non-hydrogen) atoms. The van der Waals surface area contributed by atoms with E-state index in [-0.39, 0.29) is 17.0 Å². The van der Waals surface area contributed by atoms with E-state index in [0.717, 1.165) is 11.1 Å². The minimum Gasteiger partial charge on any atom is -0.466 e. The van der Waals surface area contributed by atoms with Gasteiger partial charge in [0.05, 0.1) is 23.6 Å². The largest absolute Gasteiger partial charge is 0.466 e. The lowest BCUT2D eigenvalue weighted by molar-refractivity contribution is -0.136. The van der Waals surface area contributed by atoms with Crippen LogP contribution in [0, 0.1) is 6.92 Å². The molecule has 6 heteroatoms. The van der Waals surface area contributed by atoms with Gasteiger partial charge < -0.3 is 4.74 Å². The Labute approximate surface area is 159 Å². The van der Waals surface area contributed by atoms with E-state index in [9.17, 15) is 13.2 Å². The van der Waals surface area contributed by atoms with Gasteiger partial charge in [0.25, 0.3) is 0 Å². The summed E-state index contributed by atoms with van der Waals surface area (Å²) in [6, 6.07) is 13.1. The summed E-state index contributed by atoms with van der Waals surface area (Å²) in [5, 5.41) is 0. The second-order valence-electron chi connectivity index (χ2n) is 6.47. The zero-order valence-electron chi connectivity index (χ0n) is 15.3. The highest BCUT2D eigenvalue weighted by Gasteiger charge is 2.41. The zero-order valence-corrected chi connectivity index (χ0v) is 16.1. The van der Waals surface area contributed by atoms with Crippen molar-refractivity contribution in [3.63, 3.8) is 0 Å². The van der Waals surface area contributed by atoms with Gasteiger partial charge in [-0.05, 0) is 35.8 Å². The standard InChI is InChI=1S/C21H21NO4S/c1-14-9-11-17(12-10-14)27(24,25)22-13-15(2)18-7-5-6-8-19(18)20(22)16(3)21(23)26-4/h5-12,20H,2-3,13H2,1,4H3. The van der Waals surface area contributed by atoms with Crippen molar-refractivity contribution in [3.05, 3.63) is 84.0 Å². The maximum Gasteiger partial charge on any atom is 0.335 e. The third-order valence-corrected chi connectivity index (χ3v) is 6.50. The van der Waals surface area contributed by atoms with Crippen molar-refractivity contribution >= 4 is 21.6 Å². The lowest BCUT2D eigenvalue weighted by atomic mass is 9.88. The first-order chi connectivity index (χ1) is 12.8. The van der Waals surface area contributed by atoms with Gasteiger partial charge in [0.15, 0.2) is 0 Å². The smallest absolute Gasteiger partial charge is 0.335 e. The molecule has 1 atom stereocenters. The van der Waals surface area contributed by atoms with Gasteiger partial charge in [0.1, 0.15) is 0 Å². The van der Waals surface area contributed by atoms with E-state index in [1.807, 2.05) is 19.1 Å². The van der Waals surface area contributed by atoms with Crippen molar-refractivity contribution in [2.75, 3.05) is 13.7 Å². The predicted octanol–water partition coefficient (Wildman–Crippen LogP) is 3.48. The summed E-state index contributed by atoms with van der Waals surface area (Å²) in [7, 11) is -2.64. The Hall–Kier alpha value is -2.70. The summed E-state index contributed by atoms with van der Waals surface area (Å²) in [5.74, 6) is -0.647. The molecule has 0 bridgehead atoms. The molecule has 1 aliphatic rings. The minimum atomic E-state index is -3.89. The first-order valence-corrected chi connectivity index (χ1v) is 9.84. The highest BCUT2D eigenvalue weighted by atomic mass is 32.2.